The predicted molar refractivity (Wildman–Crippen MR) is 110 cm³/mol. The summed E-state index contributed by atoms with van der Waals surface area (Å²) in [4.78, 5) is 40.3. The normalized spacial score (nSPS) is 22.2. The maximum absolute atomic E-state index is 13.4. The van der Waals surface area contributed by atoms with E-state index < -0.39 is 11.8 Å². The summed E-state index contributed by atoms with van der Waals surface area (Å²) in [5.41, 5.74) is 1.39. The maximum Gasteiger partial charge on any atom is 0.255 e. The summed E-state index contributed by atoms with van der Waals surface area (Å²) in [5, 5.41) is 0. The van der Waals surface area contributed by atoms with Crippen LogP contribution in [0.5, 0.6) is 0 Å². The van der Waals surface area contributed by atoms with Crippen molar-refractivity contribution in [3.8, 4) is 0 Å². The molecule has 0 radical (unpaired) electrons. The molecular formula is C21H20N4O2S. The lowest BCUT2D eigenvalue weighted by Gasteiger charge is -2.16. The van der Waals surface area contributed by atoms with Crippen LogP contribution < -0.4 is 4.90 Å². The van der Waals surface area contributed by atoms with Crippen molar-refractivity contribution in [1.82, 2.24) is 9.97 Å². The molecule has 2 aromatic rings. The van der Waals surface area contributed by atoms with Crippen LogP contribution in [0.3, 0.4) is 0 Å². The standard InChI is InChI=1S/C21H20N4O2S/c1-22-20(28-9-5-6-10-28)19(26)17-13-25(16-11-23-14-24-12-16)21(27)18(17)15-7-3-2-4-8-15/h2-4,7-8,11-12,14,17-18H,5-6,9-10,13H2/t17-,18+/m0/s1. The highest BCUT2D eigenvalue weighted by molar-refractivity contribution is 8.17. The van der Waals surface area contributed by atoms with Gasteiger partial charge in [0.1, 0.15) is 6.33 Å². The zero-order valence-electron chi connectivity index (χ0n) is 15.3. The third kappa shape index (κ3) is 3.36. The first-order valence-corrected chi connectivity index (χ1v) is 10.8. The number of rotatable bonds is 4. The van der Waals surface area contributed by atoms with Gasteiger partial charge < -0.3 is 9.69 Å². The van der Waals surface area contributed by atoms with E-state index in [2.05, 4.69) is 14.8 Å². The fourth-order valence-electron chi connectivity index (χ4n) is 3.93. The topological polar surface area (TPSA) is 67.5 Å². The van der Waals surface area contributed by atoms with E-state index in [0.29, 0.717) is 10.7 Å². The van der Waals surface area contributed by atoms with E-state index in [-0.39, 0.29) is 28.7 Å². The van der Waals surface area contributed by atoms with Crippen molar-refractivity contribution in [2.75, 3.05) is 23.0 Å². The smallest absolute Gasteiger partial charge is 0.255 e. The maximum atomic E-state index is 13.4. The second-order valence-electron chi connectivity index (χ2n) is 6.93. The predicted octanol–water partition coefficient (Wildman–Crippen LogP) is 2.90. The van der Waals surface area contributed by atoms with Gasteiger partial charge in [-0.25, -0.2) is 14.8 Å². The quantitative estimate of drug-likeness (QED) is 0.593. The highest BCUT2D eigenvalue weighted by atomic mass is 32.2. The SMILES string of the molecule is [C-]#[N+]C(C(=O)[C@H]1CN(c2cncnc2)C(=O)[C@@H]1c1ccccc1)=S1CCCC1. The second-order valence-corrected chi connectivity index (χ2v) is 9.12. The van der Waals surface area contributed by atoms with Gasteiger partial charge in [-0.05, 0) is 29.9 Å². The van der Waals surface area contributed by atoms with Crippen LogP contribution in [0.15, 0.2) is 49.1 Å². The highest BCUT2D eigenvalue weighted by Crippen LogP contribution is 2.38. The molecule has 1 aromatic heterocycles. The molecule has 0 N–H and O–H groups in total. The number of hydrogen-bond donors (Lipinski definition) is 0. The number of Topliss-reactive ketones (excluding diaryl/α,β-unsaturated/α-hetero) is 1. The molecular weight excluding hydrogens is 372 g/mol. The first-order valence-electron chi connectivity index (χ1n) is 9.28. The first-order chi connectivity index (χ1) is 13.7. The minimum atomic E-state index is -0.586. The molecule has 6 nitrogen and oxygen atoms in total. The molecule has 28 heavy (non-hydrogen) atoms. The van der Waals surface area contributed by atoms with Crippen LogP contribution >= 0.6 is 10.5 Å². The van der Waals surface area contributed by atoms with Crippen molar-refractivity contribution in [1.29, 1.82) is 0 Å². The Labute approximate surface area is 166 Å². The van der Waals surface area contributed by atoms with Gasteiger partial charge in [0.2, 0.25) is 5.91 Å². The van der Waals surface area contributed by atoms with E-state index in [4.69, 9.17) is 6.57 Å². The number of nitrogens with zero attached hydrogens (tertiary/aromatic N) is 4. The number of carbonyl (C=O) groups excluding carboxylic acids is 2. The Morgan fingerprint density at radius 3 is 2.46 bits per heavy atom. The number of anilines is 1. The number of benzene rings is 1. The van der Waals surface area contributed by atoms with Crippen LogP contribution in [0, 0.1) is 12.5 Å². The van der Waals surface area contributed by atoms with Gasteiger partial charge in [-0.3, -0.25) is 4.79 Å². The Hall–Kier alpha value is -2.85. The number of aromatic nitrogens is 2. The molecule has 2 aliphatic heterocycles. The molecule has 7 heteroatoms. The first kappa shape index (κ1) is 18.5. The molecule has 142 valence electrons. The summed E-state index contributed by atoms with van der Waals surface area (Å²) < 4.78 is 0. The average Bonchev–Trinajstić information content (AvgIpc) is 3.38. The minimum absolute atomic E-state index is 0.140. The Bertz CT molecular complexity index is 961. The van der Waals surface area contributed by atoms with Crippen molar-refractivity contribution in [2.24, 2.45) is 5.92 Å². The van der Waals surface area contributed by atoms with Crippen LogP contribution in [0.25, 0.3) is 4.85 Å². The number of ketones is 1. The summed E-state index contributed by atoms with van der Waals surface area (Å²) >= 11 is 0. The lowest BCUT2D eigenvalue weighted by molar-refractivity contribution is -0.122. The van der Waals surface area contributed by atoms with Gasteiger partial charge in [0.15, 0.2) is 5.78 Å². The molecule has 1 amide bonds. The largest absolute Gasteiger partial charge is 0.308 e. The Morgan fingerprint density at radius 2 is 1.82 bits per heavy atom. The minimum Gasteiger partial charge on any atom is -0.308 e. The van der Waals surface area contributed by atoms with E-state index in [0.717, 1.165) is 29.9 Å². The van der Waals surface area contributed by atoms with E-state index in [1.807, 2.05) is 30.3 Å². The zero-order chi connectivity index (χ0) is 19.5. The summed E-state index contributed by atoms with van der Waals surface area (Å²) in [5.74, 6) is 0.372. The van der Waals surface area contributed by atoms with Gasteiger partial charge in [0.25, 0.3) is 4.99 Å². The van der Waals surface area contributed by atoms with Crippen molar-refractivity contribution < 1.29 is 9.59 Å². The Morgan fingerprint density at radius 1 is 1.14 bits per heavy atom. The molecule has 2 fully saturated rings. The molecule has 4 rings (SSSR count). The third-order valence-corrected chi connectivity index (χ3v) is 7.69. The third-order valence-electron chi connectivity index (χ3n) is 5.29. The average molecular weight is 392 g/mol. The fraction of sp³-hybridized carbons (Fsp3) is 0.333. The van der Waals surface area contributed by atoms with E-state index in [1.165, 1.54) is 6.33 Å². The van der Waals surface area contributed by atoms with Gasteiger partial charge in [-0.2, -0.15) is 10.5 Å². The summed E-state index contributed by atoms with van der Waals surface area (Å²) in [6.45, 7) is 7.86. The van der Waals surface area contributed by atoms with Crippen LogP contribution in [0.2, 0.25) is 0 Å². The summed E-state index contributed by atoms with van der Waals surface area (Å²) in [6.07, 6.45) is 6.70. The van der Waals surface area contributed by atoms with E-state index >= 15 is 0 Å². The van der Waals surface area contributed by atoms with Gasteiger partial charge in [0, 0.05) is 12.5 Å². The second kappa shape index (κ2) is 8.03. The van der Waals surface area contributed by atoms with Gasteiger partial charge in [0.05, 0.1) is 30.6 Å². The molecule has 0 aliphatic carbocycles. The lowest BCUT2D eigenvalue weighted by atomic mass is 9.85. The molecule has 2 saturated heterocycles. The van der Waals surface area contributed by atoms with Crippen LogP contribution in [0.4, 0.5) is 5.69 Å². The number of carbonyl (C=O) groups is 2. The number of hydrogen-bond acceptors (Lipinski definition) is 4. The van der Waals surface area contributed by atoms with Crippen LogP contribution in [-0.2, 0) is 9.59 Å². The summed E-state index contributed by atoms with van der Waals surface area (Å²) in [6, 6.07) is 9.39. The summed E-state index contributed by atoms with van der Waals surface area (Å²) in [7, 11) is -0.271. The van der Waals surface area contributed by atoms with Crippen LogP contribution in [-0.4, -0.2) is 44.7 Å². The lowest BCUT2D eigenvalue weighted by Crippen LogP contribution is -2.28. The molecule has 3 heterocycles. The van der Waals surface area contributed by atoms with Crippen LogP contribution in [0.1, 0.15) is 24.3 Å². The van der Waals surface area contributed by atoms with Crippen molar-refractivity contribution in [3.05, 3.63) is 66.0 Å². The van der Waals surface area contributed by atoms with E-state index in [9.17, 15) is 9.59 Å². The zero-order valence-corrected chi connectivity index (χ0v) is 16.1. The molecule has 0 unspecified atom stereocenters. The monoisotopic (exact) mass is 392 g/mol. The molecule has 2 atom stereocenters. The number of amides is 1. The van der Waals surface area contributed by atoms with Gasteiger partial charge >= 0.3 is 0 Å². The fourth-order valence-corrected chi connectivity index (χ4v) is 6.19. The molecule has 0 saturated carbocycles. The highest BCUT2D eigenvalue weighted by Gasteiger charge is 2.46. The van der Waals surface area contributed by atoms with Crippen molar-refractivity contribution in [3.63, 3.8) is 0 Å². The van der Waals surface area contributed by atoms with Crippen molar-refractivity contribution >= 4 is 32.9 Å². The Kier molecular flexibility index (Phi) is 5.31. The molecule has 1 aromatic carbocycles. The van der Waals surface area contributed by atoms with Gasteiger partial charge in [-0.1, -0.05) is 30.3 Å². The Balaban J connectivity index is 1.75. The van der Waals surface area contributed by atoms with Crippen molar-refractivity contribution in [2.45, 2.75) is 18.8 Å². The van der Waals surface area contributed by atoms with E-state index in [1.54, 1.807) is 17.3 Å². The molecule has 2 aliphatic rings. The molecule has 0 spiro atoms. The van der Waals surface area contributed by atoms with Gasteiger partial charge in [-0.15, -0.1) is 0 Å². The molecule has 0 bridgehead atoms.